The van der Waals surface area contributed by atoms with E-state index in [9.17, 15) is 0 Å². The lowest BCUT2D eigenvalue weighted by molar-refractivity contribution is 0.560. The highest BCUT2D eigenvalue weighted by atomic mass is 79.9. The number of hydrogen-bond acceptors (Lipinski definition) is 3. The first kappa shape index (κ1) is 13.6. The highest BCUT2D eigenvalue weighted by Gasteiger charge is 2.08. The van der Waals surface area contributed by atoms with Gasteiger partial charge in [-0.15, -0.1) is 0 Å². The molecular formula is C13H14BrClN2O. The molecule has 18 heavy (non-hydrogen) atoms. The van der Waals surface area contributed by atoms with Gasteiger partial charge in [-0.05, 0) is 18.2 Å². The average Bonchev–Trinajstić information content (AvgIpc) is 2.73. The van der Waals surface area contributed by atoms with Crippen LogP contribution in [0.15, 0.2) is 33.4 Å². The molecule has 0 bridgehead atoms. The standard InChI is InChI=1S/C13H14BrClN2O/c1-8(2)16-6-12-7-18-13(17-12)9-3-10(14)5-11(15)4-9/h3-5,7-8,16H,6H2,1-2H3. The second kappa shape index (κ2) is 5.87. The Morgan fingerprint density at radius 1 is 1.39 bits per heavy atom. The molecule has 0 unspecified atom stereocenters. The maximum Gasteiger partial charge on any atom is 0.226 e. The highest BCUT2D eigenvalue weighted by molar-refractivity contribution is 9.10. The molecule has 0 aliphatic carbocycles. The van der Waals surface area contributed by atoms with Crippen LogP contribution >= 0.6 is 27.5 Å². The number of hydrogen-bond donors (Lipinski definition) is 1. The van der Waals surface area contributed by atoms with Crippen molar-refractivity contribution in [1.82, 2.24) is 10.3 Å². The minimum atomic E-state index is 0.422. The Morgan fingerprint density at radius 3 is 2.83 bits per heavy atom. The van der Waals surface area contributed by atoms with Crippen LogP contribution in [0.4, 0.5) is 0 Å². The monoisotopic (exact) mass is 328 g/mol. The van der Waals surface area contributed by atoms with Gasteiger partial charge in [0, 0.05) is 27.6 Å². The van der Waals surface area contributed by atoms with Crippen LogP contribution in [0.2, 0.25) is 5.02 Å². The van der Waals surface area contributed by atoms with Gasteiger partial charge in [-0.2, -0.15) is 0 Å². The molecule has 0 atom stereocenters. The second-order valence-electron chi connectivity index (χ2n) is 4.34. The smallest absolute Gasteiger partial charge is 0.226 e. The van der Waals surface area contributed by atoms with Gasteiger partial charge in [-0.25, -0.2) is 4.98 Å². The van der Waals surface area contributed by atoms with E-state index in [0.29, 0.717) is 23.5 Å². The molecule has 0 radical (unpaired) electrons. The molecule has 96 valence electrons. The van der Waals surface area contributed by atoms with Crippen molar-refractivity contribution in [2.75, 3.05) is 0 Å². The largest absolute Gasteiger partial charge is 0.444 e. The number of halogens is 2. The van der Waals surface area contributed by atoms with Crippen molar-refractivity contribution >= 4 is 27.5 Å². The summed E-state index contributed by atoms with van der Waals surface area (Å²) in [7, 11) is 0. The van der Waals surface area contributed by atoms with E-state index in [4.69, 9.17) is 16.0 Å². The Morgan fingerprint density at radius 2 is 2.17 bits per heavy atom. The van der Waals surface area contributed by atoms with Gasteiger partial charge < -0.3 is 9.73 Å². The van der Waals surface area contributed by atoms with Crippen molar-refractivity contribution in [2.24, 2.45) is 0 Å². The normalized spacial score (nSPS) is 11.2. The van der Waals surface area contributed by atoms with Gasteiger partial charge >= 0.3 is 0 Å². The molecule has 0 aliphatic rings. The van der Waals surface area contributed by atoms with Crippen molar-refractivity contribution in [3.8, 4) is 11.5 Å². The Bertz CT molecular complexity index is 519. The zero-order valence-corrected chi connectivity index (χ0v) is 12.5. The molecule has 0 aliphatic heterocycles. The number of aromatic nitrogens is 1. The van der Waals surface area contributed by atoms with E-state index in [1.54, 1.807) is 6.26 Å². The fraction of sp³-hybridized carbons (Fsp3) is 0.308. The van der Waals surface area contributed by atoms with Crippen molar-refractivity contribution < 1.29 is 4.42 Å². The molecule has 1 heterocycles. The summed E-state index contributed by atoms with van der Waals surface area (Å²) in [5, 5.41) is 3.94. The van der Waals surface area contributed by atoms with E-state index in [1.165, 1.54) is 0 Å². The average molecular weight is 330 g/mol. The van der Waals surface area contributed by atoms with Crippen LogP contribution in [0, 0.1) is 0 Å². The van der Waals surface area contributed by atoms with E-state index in [-0.39, 0.29) is 0 Å². The lowest BCUT2D eigenvalue weighted by atomic mass is 10.2. The number of benzene rings is 1. The zero-order chi connectivity index (χ0) is 13.1. The van der Waals surface area contributed by atoms with Gasteiger partial charge in [0.2, 0.25) is 5.89 Å². The maximum absolute atomic E-state index is 6.00. The van der Waals surface area contributed by atoms with E-state index in [0.717, 1.165) is 15.7 Å². The quantitative estimate of drug-likeness (QED) is 0.911. The van der Waals surface area contributed by atoms with Crippen LogP contribution < -0.4 is 5.32 Å². The zero-order valence-electron chi connectivity index (χ0n) is 10.2. The Kier molecular flexibility index (Phi) is 4.43. The minimum absolute atomic E-state index is 0.422. The predicted octanol–water partition coefficient (Wildman–Crippen LogP) is 4.26. The molecule has 0 fully saturated rings. The van der Waals surface area contributed by atoms with Crippen molar-refractivity contribution in [3.63, 3.8) is 0 Å². The first-order valence-electron chi connectivity index (χ1n) is 5.69. The molecule has 0 amide bonds. The summed E-state index contributed by atoms with van der Waals surface area (Å²) in [5.41, 5.74) is 1.75. The van der Waals surface area contributed by atoms with Gasteiger partial charge in [0.25, 0.3) is 0 Å². The third-order valence-corrected chi connectivity index (χ3v) is 3.03. The molecular weight excluding hydrogens is 316 g/mol. The van der Waals surface area contributed by atoms with E-state index in [2.05, 4.69) is 40.1 Å². The molecule has 1 N–H and O–H groups in total. The maximum atomic E-state index is 6.00. The summed E-state index contributed by atoms with van der Waals surface area (Å²) in [4.78, 5) is 4.43. The van der Waals surface area contributed by atoms with Gasteiger partial charge in [0.15, 0.2) is 0 Å². The lowest BCUT2D eigenvalue weighted by Gasteiger charge is -2.04. The summed E-state index contributed by atoms with van der Waals surface area (Å²) in [6.07, 6.45) is 1.67. The molecule has 3 nitrogen and oxygen atoms in total. The number of nitrogens with zero attached hydrogens (tertiary/aromatic N) is 1. The SMILES string of the molecule is CC(C)NCc1coc(-c2cc(Cl)cc(Br)c2)n1. The van der Waals surface area contributed by atoms with Crippen molar-refractivity contribution in [3.05, 3.63) is 39.7 Å². The van der Waals surface area contributed by atoms with Gasteiger partial charge in [0.1, 0.15) is 6.26 Å². The molecule has 0 saturated carbocycles. The predicted molar refractivity (Wildman–Crippen MR) is 76.6 cm³/mol. The topological polar surface area (TPSA) is 38.1 Å². The molecule has 0 spiro atoms. The van der Waals surface area contributed by atoms with E-state index in [1.807, 2.05) is 18.2 Å². The number of rotatable bonds is 4. The lowest BCUT2D eigenvalue weighted by Crippen LogP contribution is -2.21. The molecule has 5 heteroatoms. The molecule has 0 saturated heterocycles. The van der Waals surface area contributed by atoms with Crippen molar-refractivity contribution in [2.45, 2.75) is 26.4 Å². The molecule has 1 aromatic heterocycles. The fourth-order valence-electron chi connectivity index (χ4n) is 1.51. The van der Waals surface area contributed by atoms with Crippen LogP contribution in [-0.2, 0) is 6.54 Å². The summed E-state index contributed by atoms with van der Waals surface area (Å²) < 4.78 is 6.37. The first-order chi connectivity index (χ1) is 8.54. The number of nitrogens with one attached hydrogen (secondary N) is 1. The van der Waals surface area contributed by atoms with Gasteiger partial charge in [-0.3, -0.25) is 0 Å². The van der Waals surface area contributed by atoms with E-state index < -0.39 is 0 Å². The molecule has 2 rings (SSSR count). The summed E-state index contributed by atoms with van der Waals surface area (Å²) >= 11 is 9.40. The molecule has 1 aromatic carbocycles. The Balaban J connectivity index is 2.18. The molecule has 2 aromatic rings. The van der Waals surface area contributed by atoms with Crippen LogP contribution in [0.3, 0.4) is 0 Å². The summed E-state index contributed by atoms with van der Waals surface area (Å²) in [6, 6.07) is 6.01. The first-order valence-corrected chi connectivity index (χ1v) is 6.86. The Labute approximate surface area is 120 Å². The third kappa shape index (κ3) is 3.57. The summed E-state index contributed by atoms with van der Waals surface area (Å²) in [5.74, 6) is 0.582. The van der Waals surface area contributed by atoms with Crippen LogP contribution in [0.1, 0.15) is 19.5 Å². The van der Waals surface area contributed by atoms with Crippen molar-refractivity contribution in [1.29, 1.82) is 0 Å². The minimum Gasteiger partial charge on any atom is -0.444 e. The van der Waals surface area contributed by atoms with Crippen LogP contribution in [-0.4, -0.2) is 11.0 Å². The Hall–Kier alpha value is -0.840. The second-order valence-corrected chi connectivity index (χ2v) is 5.69. The van der Waals surface area contributed by atoms with Gasteiger partial charge in [0.05, 0.1) is 5.69 Å². The highest BCUT2D eigenvalue weighted by Crippen LogP contribution is 2.26. The van der Waals surface area contributed by atoms with Crippen LogP contribution in [0.25, 0.3) is 11.5 Å². The third-order valence-electron chi connectivity index (χ3n) is 2.35. The fourth-order valence-corrected chi connectivity index (χ4v) is 2.37. The van der Waals surface area contributed by atoms with Gasteiger partial charge in [-0.1, -0.05) is 41.4 Å². The van der Waals surface area contributed by atoms with E-state index >= 15 is 0 Å². The summed E-state index contributed by atoms with van der Waals surface area (Å²) in [6.45, 7) is 4.88. The van der Waals surface area contributed by atoms with Crippen LogP contribution in [0.5, 0.6) is 0 Å². The number of oxazole rings is 1.